The van der Waals surface area contributed by atoms with Crippen molar-refractivity contribution in [1.82, 2.24) is 19.7 Å². The Morgan fingerprint density at radius 1 is 1.16 bits per heavy atom. The second-order valence-corrected chi connectivity index (χ2v) is 9.58. The molecule has 4 aromatic rings. The number of ether oxygens (including phenoxy) is 1. The van der Waals surface area contributed by atoms with Crippen molar-refractivity contribution in [3.05, 3.63) is 69.8 Å². The quantitative estimate of drug-likeness (QED) is 0.322. The Bertz CT molecular complexity index is 1210. The van der Waals surface area contributed by atoms with Gasteiger partial charge >= 0.3 is 0 Å². The number of thiazole rings is 1. The van der Waals surface area contributed by atoms with Gasteiger partial charge in [0.2, 0.25) is 5.91 Å². The molecule has 0 saturated carbocycles. The highest BCUT2D eigenvalue weighted by atomic mass is 79.9. The third kappa shape index (κ3) is 5.56. The van der Waals surface area contributed by atoms with Gasteiger partial charge in [-0.05, 0) is 29.8 Å². The number of aromatic nitrogens is 4. The third-order valence-electron chi connectivity index (χ3n) is 4.67. The number of methoxy groups -OCH3 is 1. The Labute approximate surface area is 202 Å². The van der Waals surface area contributed by atoms with Crippen molar-refractivity contribution < 1.29 is 9.53 Å². The molecule has 32 heavy (non-hydrogen) atoms. The average molecular weight is 530 g/mol. The molecule has 0 unspecified atom stereocenters. The highest BCUT2D eigenvalue weighted by Crippen LogP contribution is 2.26. The van der Waals surface area contributed by atoms with Gasteiger partial charge in [-0.2, -0.15) is 0 Å². The first-order valence-corrected chi connectivity index (χ1v) is 12.3. The van der Waals surface area contributed by atoms with Crippen LogP contribution in [0.2, 0.25) is 0 Å². The molecule has 0 radical (unpaired) electrons. The normalized spacial score (nSPS) is 10.8. The lowest BCUT2D eigenvalue weighted by atomic mass is 10.1. The van der Waals surface area contributed by atoms with E-state index in [0.29, 0.717) is 16.7 Å². The van der Waals surface area contributed by atoms with Crippen molar-refractivity contribution in [2.75, 3.05) is 18.2 Å². The summed E-state index contributed by atoms with van der Waals surface area (Å²) in [6.45, 7) is 0. The van der Waals surface area contributed by atoms with Crippen LogP contribution in [0, 0.1) is 0 Å². The molecule has 1 amide bonds. The SMILES string of the molecule is COc1ccc(Cc2nnc(SCC(=O)Nc3nc(-c4ccc(Br)cc4)cs3)n2C)cc1. The van der Waals surface area contributed by atoms with Gasteiger partial charge in [0.05, 0.1) is 18.6 Å². The number of rotatable bonds is 8. The number of hydrogen-bond acceptors (Lipinski definition) is 7. The van der Waals surface area contributed by atoms with Gasteiger partial charge in [-0.1, -0.05) is 52.0 Å². The molecule has 0 fully saturated rings. The maximum atomic E-state index is 12.4. The van der Waals surface area contributed by atoms with E-state index in [0.717, 1.165) is 32.9 Å². The fourth-order valence-corrected chi connectivity index (χ4v) is 4.65. The molecule has 0 atom stereocenters. The van der Waals surface area contributed by atoms with Crippen LogP contribution in [0.1, 0.15) is 11.4 Å². The van der Waals surface area contributed by atoms with Gasteiger partial charge < -0.3 is 14.6 Å². The van der Waals surface area contributed by atoms with Crippen LogP contribution < -0.4 is 10.1 Å². The molecule has 4 rings (SSSR count). The Hall–Kier alpha value is -2.69. The average Bonchev–Trinajstić information content (AvgIpc) is 3.40. The summed E-state index contributed by atoms with van der Waals surface area (Å²) in [6, 6.07) is 15.8. The Kier molecular flexibility index (Phi) is 7.23. The van der Waals surface area contributed by atoms with Crippen molar-refractivity contribution >= 4 is 50.1 Å². The minimum atomic E-state index is -0.133. The summed E-state index contributed by atoms with van der Waals surface area (Å²) in [5.74, 6) is 1.74. The number of carbonyl (C=O) groups is 1. The van der Waals surface area contributed by atoms with Crippen molar-refractivity contribution in [3.8, 4) is 17.0 Å². The number of benzene rings is 2. The monoisotopic (exact) mass is 529 g/mol. The lowest BCUT2D eigenvalue weighted by Crippen LogP contribution is -2.14. The van der Waals surface area contributed by atoms with Crippen molar-refractivity contribution in [1.29, 1.82) is 0 Å². The zero-order chi connectivity index (χ0) is 22.5. The summed E-state index contributed by atoms with van der Waals surface area (Å²) >= 11 is 6.18. The molecule has 0 aliphatic carbocycles. The zero-order valence-electron chi connectivity index (χ0n) is 17.4. The summed E-state index contributed by atoms with van der Waals surface area (Å²) in [7, 11) is 3.55. The zero-order valence-corrected chi connectivity index (χ0v) is 20.6. The Morgan fingerprint density at radius 2 is 1.91 bits per heavy atom. The lowest BCUT2D eigenvalue weighted by Gasteiger charge is -2.05. The van der Waals surface area contributed by atoms with E-state index < -0.39 is 0 Å². The molecule has 2 aromatic carbocycles. The number of nitrogens with one attached hydrogen (secondary N) is 1. The minimum absolute atomic E-state index is 0.133. The van der Waals surface area contributed by atoms with E-state index in [1.165, 1.54) is 23.1 Å². The number of anilines is 1. The van der Waals surface area contributed by atoms with Crippen LogP contribution in [0.3, 0.4) is 0 Å². The molecule has 1 N–H and O–H groups in total. The van der Waals surface area contributed by atoms with Gasteiger partial charge in [0, 0.05) is 28.9 Å². The summed E-state index contributed by atoms with van der Waals surface area (Å²) in [4.78, 5) is 16.9. The van der Waals surface area contributed by atoms with Crippen LogP contribution in [-0.4, -0.2) is 38.5 Å². The first-order valence-electron chi connectivity index (χ1n) is 9.67. The Morgan fingerprint density at radius 3 is 2.62 bits per heavy atom. The van der Waals surface area contributed by atoms with Crippen LogP contribution in [0.4, 0.5) is 5.13 Å². The molecule has 10 heteroatoms. The Balaban J connectivity index is 1.32. The van der Waals surface area contributed by atoms with E-state index in [9.17, 15) is 4.79 Å². The van der Waals surface area contributed by atoms with Gasteiger partial charge in [-0.15, -0.1) is 21.5 Å². The molecule has 164 valence electrons. The summed E-state index contributed by atoms with van der Waals surface area (Å²) in [5, 5.41) is 14.6. The summed E-state index contributed by atoms with van der Waals surface area (Å²) in [6.07, 6.45) is 0.651. The van der Waals surface area contributed by atoms with Gasteiger partial charge in [-0.3, -0.25) is 4.79 Å². The smallest absolute Gasteiger partial charge is 0.236 e. The molecule has 7 nitrogen and oxygen atoms in total. The molecule has 0 aliphatic heterocycles. The first kappa shape index (κ1) is 22.5. The summed E-state index contributed by atoms with van der Waals surface area (Å²) < 4.78 is 8.12. The van der Waals surface area contributed by atoms with Gasteiger partial charge in [0.1, 0.15) is 11.6 Å². The van der Waals surface area contributed by atoms with E-state index in [1.54, 1.807) is 7.11 Å². The van der Waals surface area contributed by atoms with Crippen LogP contribution >= 0.6 is 39.0 Å². The van der Waals surface area contributed by atoms with Crippen LogP contribution in [0.15, 0.2) is 63.5 Å². The maximum Gasteiger partial charge on any atom is 0.236 e. The van der Waals surface area contributed by atoms with E-state index >= 15 is 0 Å². The number of thioether (sulfide) groups is 1. The van der Waals surface area contributed by atoms with Crippen LogP contribution in [0.5, 0.6) is 5.75 Å². The minimum Gasteiger partial charge on any atom is -0.497 e. The van der Waals surface area contributed by atoms with Crippen LogP contribution in [0.25, 0.3) is 11.3 Å². The topological polar surface area (TPSA) is 81.9 Å². The maximum absolute atomic E-state index is 12.4. The van der Waals surface area contributed by atoms with E-state index in [1.807, 2.05) is 65.5 Å². The summed E-state index contributed by atoms with van der Waals surface area (Å²) in [5.41, 5.74) is 2.95. The molecule has 0 bridgehead atoms. The van der Waals surface area contributed by atoms with Gasteiger partial charge in [-0.25, -0.2) is 4.98 Å². The third-order valence-corrected chi connectivity index (χ3v) is 6.98. The van der Waals surface area contributed by atoms with Crippen molar-refractivity contribution in [2.24, 2.45) is 7.05 Å². The van der Waals surface area contributed by atoms with Gasteiger partial charge in [0.25, 0.3) is 0 Å². The highest BCUT2D eigenvalue weighted by Gasteiger charge is 2.13. The molecule has 0 saturated heterocycles. The van der Waals surface area contributed by atoms with Crippen molar-refractivity contribution in [2.45, 2.75) is 11.6 Å². The van der Waals surface area contributed by atoms with Gasteiger partial charge in [0.15, 0.2) is 10.3 Å². The second kappa shape index (κ2) is 10.3. The van der Waals surface area contributed by atoms with E-state index in [4.69, 9.17) is 4.74 Å². The fourth-order valence-electron chi connectivity index (χ4n) is 2.92. The standard InChI is InChI=1S/C22H20BrN5O2S2/c1-28-19(11-14-3-9-17(30-2)10-4-14)26-27-22(28)32-13-20(29)25-21-24-18(12-31-21)15-5-7-16(23)8-6-15/h3-10,12H,11,13H2,1-2H3,(H,24,25,29). The lowest BCUT2D eigenvalue weighted by molar-refractivity contribution is -0.113. The highest BCUT2D eigenvalue weighted by molar-refractivity contribution is 9.10. The van der Waals surface area contributed by atoms with E-state index in [2.05, 4.69) is 36.4 Å². The predicted molar refractivity (Wildman–Crippen MR) is 131 cm³/mol. The molecular weight excluding hydrogens is 510 g/mol. The number of halogens is 1. The second-order valence-electron chi connectivity index (χ2n) is 6.86. The molecule has 0 aliphatic rings. The number of nitrogens with zero attached hydrogens (tertiary/aromatic N) is 4. The molecule has 0 spiro atoms. The molecule has 2 aromatic heterocycles. The molecular formula is C22H20BrN5O2S2. The number of carbonyl (C=O) groups excluding carboxylic acids is 1. The number of amides is 1. The van der Waals surface area contributed by atoms with E-state index in [-0.39, 0.29) is 11.7 Å². The first-order chi connectivity index (χ1) is 15.5. The largest absolute Gasteiger partial charge is 0.497 e. The fraction of sp³-hybridized carbons (Fsp3) is 0.182. The predicted octanol–water partition coefficient (Wildman–Crippen LogP) is 5.03. The number of hydrogen-bond donors (Lipinski definition) is 1. The molecule has 2 heterocycles. The van der Waals surface area contributed by atoms with Crippen molar-refractivity contribution in [3.63, 3.8) is 0 Å². The van der Waals surface area contributed by atoms with Crippen LogP contribution in [-0.2, 0) is 18.3 Å².